The number of hydrogen-bond donors (Lipinski definition) is 1. The van der Waals surface area contributed by atoms with Gasteiger partial charge in [0.1, 0.15) is 5.69 Å². The van der Waals surface area contributed by atoms with Gasteiger partial charge in [-0.25, -0.2) is 0 Å². The molecule has 0 radical (unpaired) electrons. The van der Waals surface area contributed by atoms with Gasteiger partial charge in [-0.3, -0.25) is 14.4 Å². The highest BCUT2D eigenvalue weighted by molar-refractivity contribution is 6.35. The number of hydrogen-bond acceptors (Lipinski definition) is 5. The highest BCUT2D eigenvalue weighted by Crippen LogP contribution is 2.20. The van der Waals surface area contributed by atoms with Crippen LogP contribution in [0.3, 0.4) is 0 Å². The predicted octanol–water partition coefficient (Wildman–Crippen LogP) is 0.905. The Kier molecular flexibility index (Phi) is 4.62. The predicted molar refractivity (Wildman–Crippen MR) is 95.6 cm³/mol. The Morgan fingerprint density at radius 1 is 1.00 bits per heavy atom. The maximum Gasteiger partial charge on any atom is 0.312 e. The fourth-order valence-corrected chi connectivity index (χ4v) is 3.01. The van der Waals surface area contributed by atoms with Crippen LogP contribution in [0, 0.1) is 0 Å². The van der Waals surface area contributed by atoms with Crippen molar-refractivity contribution in [2.75, 3.05) is 26.2 Å². The molecule has 1 saturated heterocycles. The summed E-state index contributed by atoms with van der Waals surface area (Å²) in [7, 11) is 0. The van der Waals surface area contributed by atoms with Crippen molar-refractivity contribution < 1.29 is 18.9 Å². The van der Waals surface area contributed by atoms with Gasteiger partial charge in [-0.1, -0.05) is 35.5 Å². The second kappa shape index (κ2) is 7.22. The topological polar surface area (TPSA) is 95.8 Å². The Labute approximate surface area is 156 Å². The van der Waals surface area contributed by atoms with E-state index in [-0.39, 0.29) is 17.7 Å². The summed E-state index contributed by atoms with van der Waals surface area (Å²) < 4.78 is 5.21. The number of nitrogens with zero attached hydrogens (tertiary/aromatic N) is 3. The lowest BCUT2D eigenvalue weighted by Gasteiger charge is -2.33. The fourth-order valence-electron chi connectivity index (χ4n) is 3.01. The zero-order valence-electron chi connectivity index (χ0n) is 14.8. The van der Waals surface area contributed by atoms with Gasteiger partial charge >= 0.3 is 11.8 Å². The van der Waals surface area contributed by atoms with Gasteiger partial charge in [0.25, 0.3) is 5.91 Å². The number of piperazine rings is 1. The Bertz CT molecular complexity index is 852. The van der Waals surface area contributed by atoms with Gasteiger partial charge in [-0.15, -0.1) is 0 Å². The summed E-state index contributed by atoms with van der Waals surface area (Å²) in [6.07, 6.45) is 1.87. The van der Waals surface area contributed by atoms with E-state index in [4.69, 9.17) is 4.52 Å². The normalized spacial score (nSPS) is 16.9. The molecule has 1 N–H and O–H groups in total. The molecule has 0 spiro atoms. The smallest absolute Gasteiger partial charge is 0.312 e. The van der Waals surface area contributed by atoms with Crippen molar-refractivity contribution in [1.29, 1.82) is 0 Å². The largest absolute Gasteiger partial charge is 0.350 e. The molecule has 8 heteroatoms. The number of carbonyl (C=O) groups excluding carboxylic acids is 3. The molecule has 27 heavy (non-hydrogen) atoms. The van der Waals surface area contributed by atoms with Gasteiger partial charge < -0.3 is 19.6 Å². The zero-order valence-corrected chi connectivity index (χ0v) is 14.8. The van der Waals surface area contributed by atoms with E-state index < -0.39 is 11.8 Å². The summed E-state index contributed by atoms with van der Waals surface area (Å²) in [5, 5.41) is 6.66. The van der Waals surface area contributed by atoms with Gasteiger partial charge in [0.05, 0.1) is 0 Å². The Balaban J connectivity index is 1.34. The molecule has 0 unspecified atom stereocenters. The molecule has 4 rings (SSSR count). The maximum absolute atomic E-state index is 12.6. The van der Waals surface area contributed by atoms with E-state index >= 15 is 0 Å². The number of amides is 3. The molecule has 2 aliphatic rings. The van der Waals surface area contributed by atoms with Crippen LogP contribution in [0.15, 0.2) is 40.9 Å². The molecule has 2 aromatic rings. The Hall–Kier alpha value is -3.16. The number of carbonyl (C=O) groups is 3. The molecule has 2 heterocycles. The van der Waals surface area contributed by atoms with Crippen LogP contribution in [-0.2, 0) is 9.59 Å². The van der Waals surface area contributed by atoms with E-state index in [0.717, 1.165) is 18.4 Å². The van der Waals surface area contributed by atoms with Crippen molar-refractivity contribution in [1.82, 2.24) is 20.3 Å². The molecule has 1 aliphatic heterocycles. The maximum atomic E-state index is 12.6. The van der Waals surface area contributed by atoms with Gasteiger partial charge in [0.2, 0.25) is 5.76 Å². The molecule has 2 fully saturated rings. The van der Waals surface area contributed by atoms with Crippen molar-refractivity contribution >= 4 is 17.7 Å². The first-order chi connectivity index (χ1) is 13.1. The number of nitrogens with one attached hydrogen (secondary N) is 1. The van der Waals surface area contributed by atoms with E-state index in [1.165, 1.54) is 4.90 Å². The summed E-state index contributed by atoms with van der Waals surface area (Å²) in [5.41, 5.74) is 1.47. The quantitative estimate of drug-likeness (QED) is 0.813. The lowest BCUT2D eigenvalue weighted by molar-refractivity contribution is -0.146. The second-order valence-electron chi connectivity index (χ2n) is 6.77. The van der Waals surface area contributed by atoms with Crippen molar-refractivity contribution in [3.63, 3.8) is 0 Å². The Morgan fingerprint density at radius 2 is 1.67 bits per heavy atom. The molecule has 1 aromatic heterocycles. The standard InChI is InChI=1S/C19H20N4O4/c24-17(20-14-6-7-14)19(26)23-10-8-22(9-11-23)18(25)16-12-15(21-27-16)13-4-2-1-3-5-13/h1-5,12,14H,6-11H2,(H,20,24). The number of benzene rings is 1. The molecule has 8 nitrogen and oxygen atoms in total. The lowest BCUT2D eigenvalue weighted by Crippen LogP contribution is -2.54. The van der Waals surface area contributed by atoms with Crippen LogP contribution < -0.4 is 5.32 Å². The highest BCUT2D eigenvalue weighted by Gasteiger charge is 2.32. The monoisotopic (exact) mass is 368 g/mol. The van der Waals surface area contributed by atoms with Crippen molar-refractivity contribution in [2.45, 2.75) is 18.9 Å². The van der Waals surface area contributed by atoms with E-state index in [1.54, 1.807) is 11.0 Å². The van der Waals surface area contributed by atoms with Crippen LogP contribution >= 0.6 is 0 Å². The molecule has 3 amide bonds. The molecular formula is C19H20N4O4. The van der Waals surface area contributed by atoms with Crippen molar-refractivity contribution in [3.8, 4) is 11.3 Å². The summed E-state index contributed by atoms with van der Waals surface area (Å²) in [6.45, 7) is 1.34. The summed E-state index contributed by atoms with van der Waals surface area (Å²) in [4.78, 5) is 39.7. The number of rotatable bonds is 3. The molecule has 0 bridgehead atoms. The summed E-state index contributed by atoms with van der Waals surface area (Å²) >= 11 is 0. The van der Waals surface area contributed by atoms with Crippen molar-refractivity contribution in [3.05, 3.63) is 42.2 Å². The van der Waals surface area contributed by atoms with Crippen LogP contribution in [-0.4, -0.2) is 64.9 Å². The molecule has 0 atom stereocenters. The first-order valence-corrected chi connectivity index (χ1v) is 9.03. The van der Waals surface area contributed by atoms with Gasteiger partial charge in [0.15, 0.2) is 0 Å². The third kappa shape index (κ3) is 3.84. The number of aromatic nitrogens is 1. The van der Waals surface area contributed by atoms with E-state index in [0.29, 0.717) is 31.9 Å². The molecule has 1 saturated carbocycles. The summed E-state index contributed by atoms with van der Waals surface area (Å²) in [5.74, 6) is -1.18. The minimum atomic E-state index is -0.556. The van der Waals surface area contributed by atoms with Crippen molar-refractivity contribution in [2.24, 2.45) is 0 Å². The second-order valence-corrected chi connectivity index (χ2v) is 6.77. The fraction of sp³-hybridized carbons (Fsp3) is 0.368. The lowest BCUT2D eigenvalue weighted by atomic mass is 10.1. The van der Waals surface area contributed by atoms with E-state index in [2.05, 4.69) is 10.5 Å². The van der Waals surface area contributed by atoms with E-state index in [1.807, 2.05) is 30.3 Å². The molecular weight excluding hydrogens is 348 g/mol. The first-order valence-electron chi connectivity index (χ1n) is 9.03. The van der Waals surface area contributed by atoms with Crippen LogP contribution in [0.5, 0.6) is 0 Å². The highest BCUT2D eigenvalue weighted by atomic mass is 16.5. The average molecular weight is 368 g/mol. The third-order valence-corrected chi connectivity index (χ3v) is 4.75. The van der Waals surface area contributed by atoms with Crippen LogP contribution in [0.25, 0.3) is 11.3 Å². The SMILES string of the molecule is O=C(NC1CC1)C(=O)N1CCN(C(=O)c2cc(-c3ccccc3)no2)CC1. The molecule has 1 aromatic carbocycles. The minimum absolute atomic E-state index is 0.148. The van der Waals surface area contributed by atoms with Gasteiger partial charge in [0, 0.05) is 43.9 Å². The van der Waals surface area contributed by atoms with Crippen LogP contribution in [0.2, 0.25) is 0 Å². The van der Waals surface area contributed by atoms with Crippen LogP contribution in [0.1, 0.15) is 23.4 Å². The molecule has 140 valence electrons. The zero-order chi connectivity index (χ0) is 18.8. The first kappa shape index (κ1) is 17.3. The summed E-state index contributed by atoms with van der Waals surface area (Å²) in [6, 6.07) is 11.2. The third-order valence-electron chi connectivity index (χ3n) is 4.75. The van der Waals surface area contributed by atoms with E-state index in [9.17, 15) is 14.4 Å². The minimum Gasteiger partial charge on any atom is -0.350 e. The van der Waals surface area contributed by atoms with Gasteiger partial charge in [-0.2, -0.15) is 0 Å². The molecule has 1 aliphatic carbocycles. The average Bonchev–Trinajstić information content (AvgIpc) is 3.39. The Morgan fingerprint density at radius 3 is 2.33 bits per heavy atom. The van der Waals surface area contributed by atoms with Crippen LogP contribution in [0.4, 0.5) is 0 Å². The van der Waals surface area contributed by atoms with Gasteiger partial charge in [-0.05, 0) is 12.8 Å².